The van der Waals surface area contributed by atoms with E-state index >= 15 is 0 Å². The lowest BCUT2D eigenvalue weighted by Gasteiger charge is -2.13. The molecule has 5 heteroatoms. The minimum Gasteiger partial charge on any atom is -0.378 e. The van der Waals surface area contributed by atoms with Crippen LogP contribution in [-0.4, -0.2) is 25.0 Å². The molecule has 1 aromatic carbocycles. The summed E-state index contributed by atoms with van der Waals surface area (Å²) in [6.07, 6.45) is 1.66. The molecule has 1 aromatic heterocycles. The maximum absolute atomic E-state index is 11.9. The fourth-order valence-electron chi connectivity index (χ4n) is 1.38. The van der Waals surface area contributed by atoms with Crippen molar-refractivity contribution in [2.45, 2.75) is 0 Å². The highest BCUT2D eigenvalue weighted by Gasteiger charge is 2.08. The van der Waals surface area contributed by atoms with Gasteiger partial charge in [0.2, 0.25) is 0 Å². The van der Waals surface area contributed by atoms with E-state index in [4.69, 9.17) is 0 Å². The molecule has 0 aliphatic carbocycles. The van der Waals surface area contributed by atoms with Gasteiger partial charge in [0, 0.05) is 36.9 Å². The van der Waals surface area contributed by atoms with Gasteiger partial charge >= 0.3 is 0 Å². The zero-order valence-corrected chi connectivity index (χ0v) is 10.5. The van der Waals surface area contributed by atoms with Crippen LogP contribution >= 0.6 is 11.3 Å². The van der Waals surface area contributed by atoms with Crippen molar-refractivity contribution >= 4 is 28.1 Å². The number of aromatic nitrogens is 1. The van der Waals surface area contributed by atoms with Gasteiger partial charge in [-0.05, 0) is 18.2 Å². The van der Waals surface area contributed by atoms with Crippen LogP contribution < -0.4 is 10.2 Å². The topological polar surface area (TPSA) is 45.2 Å². The number of hydrogen-bond donors (Lipinski definition) is 1. The van der Waals surface area contributed by atoms with Gasteiger partial charge in [-0.1, -0.05) is 6.07 Å². The number of rotatable bonds is 3. The van der Waals surface area contributed by atoms with Gasteiger partial charge < -0.3 is 4.90 Å². The van der Waals surface area contributed by atoms with Crippen molar-refractivity contribution in [1.82, 2.24) is 4.98 Å². The highest BCUT2D eigenvalue weighted by molar-refractivity contribution is 7.13. The van der Waals surface area contributed by atoms with Crippen LogP contribution in [0.3, 0.4) is 0 Å². The van der Waals surface area contributed by atoms with Gasteiger partial charge in [-0.3, -0.25) is 10.1 Å². The largest absolute Gasteiger partial charge is 0.378 e. The quantitative estimate of drug-likeness (QED) is 0.906. The van der Waals surface area contributed by atoms with Crippen molar-refractivity contribution < 1.29 is 4.79 Å². The third-order valence-corrected chi connectivity index (χ3v) is 2.97. The van der Waals surface area contributed by atoms with Crippen LogP contribution in [0.5, 0.6) is 0 Å². The molecule has 1 amide bonds. The van der Waals surface area contributed by atoms with E-state index in [9.17, 15) is 4.79 Å². The molecule has 88 valence electrons. The molecule has 0 saturated heterocycles. The monoisotopic (exact) mass is 247 g/mol. The normalized spacial score (nSPS) is 10.0. The Hall–Kier alpha value is -1.88. The summed E-state index contributed by atoms with van der Waals surface area (Å²) >= 11 is 1.40. The standard InChI is InChI=1S/C12H13N3OS/c1-15(2)10-5-3-4-9(8-10)11(16)14-12-13-6-7-17-12/h3-8H,1-2H3,(H,13,14,16). The van der Waals surface area contributed by atoms with Crippen molar-refractivity contribution in [3.8, 4) is 0 Å². The zero-order chi connectivity index (χ0) is 12.3. The molecule has 0 saturated carbocycles. The molecule has 0 atom stereocenters. The number of carbonyl (C=O) groups excluding carboxylic acids is 1. The highest BCUT2D eigenvalue weighted by atomic mass is 32.1. The molecule has 0 spiro atoms. The van der Waals surface area contributed by atoms with Gasteiger partial charge in [-0.15, -0.1) is 11.3 Å². The average molecular weight is 247 g/mol. The summed E-state index contributed by atoms with van der Waals surface area (Å²) in [5.41, 5.74) is 1.63. The van der Waals surface area contributed by atoms with E-state index < -0.39 is 0 Å². The Labute approximate surface area is 104 Å². The van der Waals surface area contributed by atoms with Gasteiger partial charge in [-0.25, -0.2) is 4.98 Å². The van der Waals surface area contributed by atoms with E-state index in [0.717, 1.165) is 5.69 Å². The van der Waals surface area contributed by atoms with Gasteiger partial charge in [-0.2, -0.15) is 0 Å². The summed E-state index contributed by atoms with van der Waals surface area (Å²) in [7, 11) is 3.88. The number of amides is 1. The average Bonchev–Trinajstić information content (AvgIpc) is 2.82. The van der Waals surface area contributed by atoms with Crippen LogP contribution in [0.2, 0.25) is 0 Å². The van der Waals surface area contributed by atoms with Crippen LogP contribution in [0.15, 0.2) is 35.8 Å². The minimum absolute atomic E-state index is 0.136. The Morgan fingerprint density at radius 3 is 2.88 bits per heavy atom. The number of carbonyl (C=O) groups is 1. The summed E-state index contributed by atoms with van der Waals surface area (Å²) in [5, 5.41) is 5.20. The van der Waals surface area contributed by atoms with E-state index in [1.807, 2.05) is 42.6 Å². The second-order valence-electron chi connectivity index (χ2n) is 3.74. The Morgan fingerprint density at radius 2 is 2.24 bits per heavy atom. The van der Waals surface area contributed by atoms with Crippen LogP contribution in [0.25, 0.3) is 0 Å². The smallest absolute Gasteiger partial charge is 0.257 e. The van der Waals surface area contributed by atoms with Gasteiger partial charge in [0.05, 0.1) is 0 Å². The molecule has 0 aliphatic heterocycles. The molecule has 2 aromatic rings. The Morgan fingerprint density at radius 1 is 1.41 bits per heavy atom. The zero-order valence-electron chi connectivity index (χ0n) is 9.68. The van der Waals surface area contributed by atoms with Gasteiger partial charge in [0.25, 0.3) is 5.91 Å². The van der Waals surface area contributed by atoms with Crippen molar-refractivity contribution in [2.75, 3.05) is 24.3 Å². The first kappa shape index (κ1) is 11.6. The van der Waals surface area contributed by atoms with Crippen molar-refractivity contribution in [3.05, 3.63) is 41.4 Å². The molecule has 4 nitrogen and oxygen atoms in total. The SMILES string of the molecule is CN(C)c1cccc(C(=O)Nc2nccs2)c1. The Bertz CT molecular complexity index is 508. The predicted octanol–water partition coefficient (Wildman–Crippen LogP) is 2.46. The van der Waals surface area contributed by atoms with E-state index in [2.05, 4.69) is 10.3 Å². The predicted molar refractivity (Wildman–Crippen MR) is 70.8 cm³/mol. The number of hydrogen-bond acceptors (Lipinski definition) is 4. The second-order valence-corrected chi connectivity index (χ2v) is 4.63. The molecule has 0 fully saturated rings. The summed E-state index contributed by atoms with van der Waals surface area (Å²) in [4.78, 5) is 17.9. The molecule has 0 unspecified atom stereocenters. The molecule has 1 N–H and O–H groups in total. The lowest BCUT2D eigenvalue weighted by atomic mass is 10.2. The first-order chi connectivity index (χ1) is 8.16. The van der Waals surface area contributed by atoms with Crippen LogP contribution in [0.4, 0.5) is 10.8 Å². The Balaban J connectivity index is 2.16. The van der Waals surface area contributed by atoms with E-state index in [1.54, 1.807) is 12.3 Å². The lowest BCUT2D eigenvalue weighted by Crippen LogP contribution is -2.14. The maximum Gasteiger partial charge on any atom is 0.257 e. The minimum atomic E-state index is -0.136. The number of anilines is 2. The third kappa shape index (κ3) is 2.82. The first-order valence-electron chi connectivity index (χ1n) is 5.15. The molecular weight excluding hydrogens is 234 g/mol. The number of thiazole rings is 1. The number of nitrogens with zero attached hydrogens (tertiary/aromatic N) is 2. The summed E-state index contributed by atoms with van der Waals surface area (Å²) in [5.74, 6) is -0.136. The van der Waals surface area contributed by atoms with Crippen molar-refractivity contribution in [3.63, 3.8) is 0 Å². The summed E-state index contributed by atoms with van der Waals surface area (Å²) < 4.78 is 0. The van der Waals surface area contributed by atoms with Gasteiger partial charge in [0.1, 0.15) is 0 Å². The van der Waals surface area contributed by atoms with Gasteiger partial charge in [0.15, 0.2) is 5.13 Å². The highest BCUT2D eigenvalue weighted by Crippen LogP contribution is 2.16. The molecule has 17 heavy (non-hydrogen) atoms. The maximum atomic E-state index is 11.9. The molecule has 0 radical (unpaired) electrons. The fraction of sp³-hybridized carbons (Fsp3) is 0.167. The third-order valence-electron chi connectivity index (χ3n) is 2.28. The van der Waals surface area contributed by atoms with E-state index in [1.165, 1.54) is 11.3 Å². The summed E-state index contributed by atoms with van der Waals surface area (Å²) in [6, 6.07) is 7.46. The molecule has 0 bridgehead atoms. The Kier molecular flexibility index (Phi) is 3.39. The first-order valence-corrected chi connectivity index (χ1v) is 6.03. The van der Waals surface area contributed by atoms with E-state index in [-0.39, 0.29) is 5.91 Å². The lowest BCUT2D eigenvalue weighted by molar-refractivity contribution is 0.102. The fourth-order valence-corrected chi connectivity index (χ4v) is 1.90. The van der Waals surface area contributed by atoms with Crippen LogP contribution in [0.1, 0.15) is 10.4 Å². The molecule has 2 rings (SSSR count). The van der Waals surface area contributed by atoms with Crippen molar-refractivity contribution in [2.24, 2.45) is 0 Å². The number of nitrogens with one attached hydrogen (secondary N) is 1. The molecule has 1 heterocycles. The van der Waals surface area contributed by atoms with Crippen LogP contribution in [0, 0.1) is 0 Å². The molecular formula is C12H13N3OS. The molecule has 0 aliphatic rings. The number of benzene rings is 1. The second kappa shape index (κ2) is 4.97. The summed E-state index contributed by atoms with van der Waals surface area (Å²) in [6.45, 7) is 0. The van der Waals surface area contributed by atoms with Crippen molar-refractivity contribution in [1.29, 1.82) is 0 Å². The van der Waals surface area contributed by atoms with E-state index in [0.29, 0.717) is 10.7 Å². The van der Waals surface area contributed by atoms with Crippen LogP contribution in [-0.2, 0) is 0 Å².